The van der Waals surface area contributed by atoms with E-state index in [4.69, 9.17) is 9.05 Å². The number of hydrazine groups is 1. The molecule has 0 aliphatic heterocycles. The van der Waals surface area contributed by atoms with Crippen LogP contribution in [0.25, 0.3) is 33.3 Å². The molecule has 3 heterocycles. The lowest BCUT2D eigenvalue weighted by Crippen LogP contribution is -2.13. The second kappa shape index (κ2) is 18.9. The smallest absolute Gasteiger partial charge is 0.193 e. The van der Waals surface area contributed by atoms with Crippen LogP contribution in [-0.4, -0.2) is 30.8 Å². The van der Waals surface area contributed by atoms with E-state index in [1.54, 1.807) is 13.8 Å². The maximum Gasteiger partial charge on any atom is 0.193 e. The fraction of sp³-hybridized carbons (Fsp3) is 0.188. The average Bonchev–Trinajstić information content (AvgIpc) is 3.74. The summed E-state index contributed by atoms with van der Waals surface area (Å²) in [7, 11) is 0. The number of benzene rings is 1. The van der Waals surface area contributed by atoms with Crippen LogP contribution in [0, 0.1) is 121 Å². The van der Waals surface area contributed by atoms with Gasteiger partial charge in [0.2, 0.25) is 0 Å². The number of nitrogens with zero attached hydrogens (tertiary/aromatic N) is 7. The van der Waals surface area contributed by atoms with E-state index in [-0.39, 0.29) is 5.71 Å². The van der Waals surface area contributed by atoms with Gasteiger partial charge >= 0.3 is 0 Å². The second-order valence-corrected chi connectivity index (χ2v) is 8.19. The highest BCUT2D eigenvalue weighted by Gasteiger charge is 2.20. The number of fused-ring (bicyclic) bond motifs is 1. The van der Waals surface area contributed by atoms with E-state index in [9.17, 15) is 10.1 Å². The van der Waals surface area contributed by atoms with Crippen LogP contribution >= 0.6 is 0 Å². The molecule has 0 saturated heterocycles. The second-order valence-electron chi connectivity index (χ2n) is 8.19. The van der Waals surface area contributed by atoms with Crippen molar-refractivity contribution in [2.75, 3.05) is 0 Å². The largest absolute Gasteiger partial charge is 0.361 e. The third kappa shape index (κ3) is 10.8. The lowest BCUT2D eigenvalue weighted by Gasteiger charge is -2.06. The summed E-state index contributed by atoms with van der Waals surface area (Å²) in [6.45, 7) is 11.1. The summed E-state index contributed by atoms with van der Waals surface area (Å²) in [6, 6.07) is 4.04. The van der Waals surface area contributed by atoms with Gasteiger partial charge in [-0.2, -0.15) is 15.4 Å². The van der Waals surface area contributed by atoms with Crippen molar-refractivity contribution in [2.24, 2.45) is 16.3 Å². The number of aromatic nitrogens is 5. The number of nitro groups is 1. The van der Waals surface area contributed by atoms with Gasteiger partial charge in [-0.1, -0.05) is 22.2 Å². The molecular weight excluding hydrogens is 588 g/mol. The van der Waals surface area contributed by atoms with Crippen molar-refractivity contribution in [3.05, 3.63) is 45.2 Å². The number of hydrogen-bond acceptors (Lipinski definition) is 10. The Labute approximate surface area is 270 Å². The number of H-pyrrole nitrogens is 1. The summed E-state index contributed by atoms with van der Waals surface area (Å²) < 4.78 is 10.6. The minimum absolute atomic E-state index is 0. The molecule has 0 unspecified atom stereocenters. The molecule has 0 spiro atoms. The Hall–Kier alpha value is -7.44. The first-order valence-corrected chi connectivity index (χ1v) is 12.8. The van der Waals surface area contributed by atoms with Gasteiger partial charge in [-0.15, -0.1) is 0 Å². The Kier molecular flexibility index (Phi) is 14.3. The zero-order valence-corrected chi connectivity index (χ0v) is 25.5. The van der Waals surface area contributed by atoms with E-state index in [0.717, 1.165) is 56.2 Å². The molecule has 14 nitrogen and oxygen atoms in total. The fourth-order valence-corrected chi connectivity index (χ4v) is 3.55. The average molecular weight is 621 g/mol. The van der Waals surface area contributed by atoms with Gasteiger partial charge in [0.05, 0.1) is 21.6 Å². The van der Waals surface area contributed by atoms with Crippen LogP contribution in [0.2, 0.25) is 0 Å². The van der Waals surface area contributed by atoms with Crippen molar-refractivity contribution in [3.63, 3.8) is 0 Å². The molecule has 3 aromatic heterocycles. The zero-order chi connectivity index (χ0) is 33.7. The highest BCUT2D eigenvalue weighted by molar-refractivity contribution is 5.96. The van der Waals surface area contributed by atoms with Crippen molar-refractivity contribution in [1.82, 2.24) is 31.3 Å². The predicted octanol–water partition coefficient (Wildman–Crippen LogP) is 4.54. The Morgan fingerprint density at radius 3 is 1.67 bits per heavy atom. The molecule has 0 atom stereocenters. The van der Waals surface area contributed by atoms with Crippen LogP contribution in [0.15, 0.2) is 31.6 Å². The van der Waals surface area contributed by atoms with Crippen LogP contribution < -0.4 is 11.4 Å². The predicted molar refractivity (Wildman–Crippen MR) is 177 cm³/mol. The number of aryl methyl sites for hydroxylation is 4. The Morgan fingerprint density at radius 2 is 1.28 bits per heavy atom. The normalized spacial score (nSPS) is 8.48. The minimum Gasteiger partial charge on any atom is -0.361 e. The minimum atomic E-state index is -0.879. The van der Waals surface area contributed by atoms with E-state index in [1.807, 2.05) is 33.8 Å². The van der Waals surface area contributed by atoms with Crippen LogP contribution in [-0.2, 0) is 0 Å². The van der Waals surface area contributed by atoms with E-state index >= 15 is 0 Å². The first-order chi connectivity index (χ1) is 22.2. The Balaban J connectivity index is -0.000000726. The third-order valence-electron chi connectivity index (χ3n) is 5.17. The molecule has 4 N–H and O–H groups in total. The molecule has 0 saturated carbocycles. The van der Waals surface area contributed by atoms with Gasteiger partial charge in [0.25, 0.3) is 0 Å². The van der Waals surface area contributed by atoms with Crippen molar-refractivity contribution in [1.29, 1.82) is 0 Å². The molecule has 4 aromatic rings. The summed E-state index contributed by atoms with van der Waals surface area (Å²) in [5, 5.41) is 32.8. The molecule has 0 bridgehead atoms. The first-order valence-electron chi connectivity index (χ1n) is 12.8. The van der Waals surface area contributed by atoms with Gasteiger partial charge in [-0.05, 0) is 130 Å². The van der Waals surface area contributed by atoms with Crippen LogP contribution in [0.4, 0.5) is 0 Å². The quantitative estimate of drug-likeness (QED) is 0.0956. The summed E-state index contributed by atoms with van der Waals surface area (Å²) >= 11 is 0. The Morgan fingerprint density at radius 1 is 0.804 bits per heavy atom. The molecular formula is C32H32N10O4. The van der Waals surface area contributed by atoms with Crippen molar-refractivity contribution in [2.45, 2.75) is 41.5 Å². The molecule has 1 aromatic carbocycles. The van der Waals surface area contributed by atoms with E-state index in [0.29, 0.717) is 0 Å². The van der Waals surface area contributed by atoms with Crippen molar-refractivity contribution >= 4 is 11.0 Å². The van der Waals surface area contributed by atoms with Crippen molar-refractivity contribution < 1.29 is 19.8 Å². The zero-order valence-electron chi connectivity index (χ0n) is 25.5. The molecule has 234 valence electrons. The SMILES string of the molecule is CC#CC#CC#CC#CC#CC#CC#CC.Cc1noc(C)c1-c1cc(-c2c(C)noc2C)c2n[nH]nc2c1.NN=NN[N+](=O)[O-].[HH].[HH].[HH].[HH]. The number of nitrogens with one attached hydrogen (secondary N) is 2. The van der Waals surface area contributed by atoms with Gasteiger partial charge in [0.1, 0.15) is 22.6 Å². The molecule has 0 amide bonds. The lowest BCUT2D eigenvalue weighted by molar-refractivity contribution is -0.546. The monoisotopic (exact) mass is 620 g/mol. The molecule has 0 aliphatic carbocycles. The van der Waals surface area contributed by atoms with Crippen LogP contribution in [0.3, 0.4) is 0 Å². The van der Waals surface area contributed by atoms with Gasteiger partial charge in [-0.3, -0.25) is 5.84 Å². The third-order valence-corrected chi connectivity index (χ3v) is 5.17. The van der Waals surface area contributed by atoms with E-state index in [2.05, 4.69) is 131 Å². The summed E-state index contributed by atoms with van der Waals surface area (Å²) in [4.78, 5) is 9.24. The first kappa shape index (κ1) is 34.8. The van der Waals surface area contributed by atoms with Gasteiger partial charge < -0.3 is 19.2 Å². The maximum atomic E-state index is 9.24. The van der Waals surface area contributed by atoms with Gasteiger partial charge in [0.15, 0.2) is 5.22 Å². The van der Waals surface area contributed by atoms with Crippen LogP contribution in [0.5, 0.6) is 0 Å². The number of rotatable bonds is 4. The summed E-state index contributed by atoms with van der Waals surface area (Å²) in [6.07, 6.45) is 0. The molecule has 0 radical (unpaired) electrons. The molecule has 14 heteroatoms. The van der Waals surface area contributed by atoms with Gasteiger partial charge in [0, 0.05) is 27.9 Å². The van der Waals surface area contributed by atoms with E-state index < -0.39 is 5.03 Å². The lowest BCUT2D eigenvalue weighted by atomic mass is 9.96. The number of aromatic amines is 1. The van der Waals surface area contributed by atoms with E-state index in [1.165, 1.54) is 5.53 Å². The molecule has 4 rings (SSSR count). The highest BCUT2D eigenvalue weighted by atomic mass is 16.7. The molecule has 46 heavy (non-hydrogen) atoms. The van der Waals surface area contributed by atoms with Gasteiger partial charge in [-0.25, -0.2) is 0 Å². The standard InChI is InChI=1S/C16H15N5O2.C16H6.H3N5O2.4H2/c1-7-14(9(3)22-19-7)11-5-12(15-8(2)20-23-10(15)4)16-13(6-11)17-21-18-16;1-3-5-7-9-11-13-15-16-14-12-10-8-6-4-2;1-2-3-4-5(6)7;;;;/h5-6H,1-4H3,(H,17,18,21);1-2H3;(H2,1,3)(H,2,4);4*1H. The number of nitrogens with two attached hydrogens (primary N) is 1. The highest BCUT2D eigenvalue weighted by Crippen LogP contribution is 2.37. The molecule has 0 aliphatic rings. The summed E-state index contributed by atoms with van der Waals surface area (Å²) in [5.74, 6) is 41.5. The van der Waals surface area contributed by atoms with Crippen LogP contribution in [0.1, 0.15) is 42.5 Å². The summed E-state index contributed by atoms with van der Waals surface area (Å²) in [5.41, 5.74) is 8.41. The molecule has 0 fully saturated rings. The Bertz CT molecular complexity index is 2110. The fourth-order valence-electron chi connectivity index (χ4n) is 3.55. The maximum absolute atomic E-state index is 9.24. The topological polar surface area (TPSA) is 200 Å². The van der Waals surface area contributed by atoms with Crippen molar-refractivity contribution in [3.8, 4) is 105 Å². The number of hydrogen-bond donors (Lipinski definition) is 3.